The standard InChI is InChI=1S/C11H14O/c1-11(2)7-8-5-3-4-6-9(8)10(11)12/h3-6,10,12H,7H2,1-2H3/t10-/m0/s1. The van der Waals surface area contributed by atoms with E-state index in [0.29, 0.717) is 0 Å². The Bertz CT molecular complexity index is 302. The fourth-order valence-electron chi connectivity index (χ4n) is 1.97. The van der Waals surface area contributed by atoms with E-state index in [2.05, 4.69) is 19.9 Å². The number of hydrogen-bond acceptors (Lipinski definition) is 1. The van der Waals surface area contributed by atoms with Gasteiger partial charge in [0, 0.05) is 0 Å². The van der Waals surface area contributed by atoms with Gasteiger partial charge in [0.25, 0.3) is 0 Å². The zero-order chi connectivity index (χ0) is 8.77. The van der Waals surface area contributed by atoms with Crippen LogP contribution in [0.4, 0.5) is 0 Å². The normalized spacial score (nSPS) is 25.4. The minimum Gasteiger partial charge on any atom is -0.388 e. The lowest BCUT2D eigenvalue weighted by molar-refractivity contribution is 0.0666. The molecule has 1 aliphatic carbocycles. The third kappa shape index (κ3) is 0.969. The van der Waals surface area contributed by atoms with Crippen molar-refractivity contribution in [2.75, 3.05) is 0 Å². The fourth-order valence-corrected chi connectivity index (χ4v) is 1.97. The second-order valence-electron chi connectivity index (χ2n) is 4.27. The van der Waals surface area contributed by atoms with E-state index in [1.54, 1.807) is 0 Å². The van der Waals surface area contributed by atoms with Crippen LogP contribution in [0.5, 0.6) is 0 Å². The average molecular weight is 162 g/mol. The summed E-state index contributed by atoms with van der Waals surface area (Å²) in [6, 6.07) is 8.15. The molecule has 0 saturated heterocycles. The highest BCUT2D eigenvalue weighted by molar-refractivity contribution is 5.35. The third-order valence-electron chi connectivity index (χ3n) is 2.74. The van der Waals surface area contributed by atoms with Crippen molar-refractivity contribution in [3.8, 4) is 0 Å². The van der Waals surface area contributed by atoms with E-state index in [4.69, 9.17) is 0 Å². The number of aliphatic hydroxyl groups is 1. The van der Waals surface area contributed by atoms with E-state index in [0.717, 1.165) is 12.0 Å². The molecule has 1 N–H and O–H groups in total. The van der Waals surface area contributed by atoms with E-state index in [9.17, 15) is 5.11 Å². The predicted molar refractivity (Wildman–Crippen MR) is 48.9 cm³/mol. The van der Waals surface area contributed by atoms with Crippen molar-refractivity contribution >= 4 is 0 Å². The molecule has 0 aliphatic heterocycles. The summed E-state index contributed by atoms with van der Waals surface area (Å²) in [4.78, 5) is 0. The Labute approximate surface area is 73.0 Å². The molecule has 0 fully saturated rings. The maximum atomic E-state index is 9.91. The zero-order valence-corrected chi connectivity index (χ0v) is 7.54. The van der Waals surface area contributed by atoms with E-state index in [1.807, 2.05) is 18.2 Å². The number of rotatable bonds is 0. The van der Waals surface area contributed by atoms with Crippen LogP contribution in [0.3, 0.4) is 0 Å². The summed E-state index contributed by atoms with van der Waals surface area (Å²) in [6.07, 6.45) is 0.707. The Morgan fingerprint density at radius 1 is 1.33 bits per heavy atom. The molecule has 12 heavy (non-hydrogen) atoms. The molecule has 64 valence electrons. The van der Waals surface area contributed by atoms with Gasteiger partial charge in [-0.2, -0.15) is 0 Å². The van der Waals surface area contributed by atoms with Crippen LogP contribution in [0.1, 0.15) is 31.1 Å². The van der Waals surface area contributed by atoms with Gasteiger partial charge in [-0.3, -0.25) is 0 Å². The van der Waals surface area contributed by atoms with Crippen LogP contribution in [0.25, 0.3) is 0 Å². The van der Waals surface area contributed by atoms with Crippen molar-refractivity contribution in [3.63, 3.8) is 0 Å². The number of aliphatic hydroxyl groups excluding tert-OH is 1. The molecule has 0 heterocycles. The first-order valence-electron chi connectivity index (χ1n) is 4.37. The van der Waals surface area contributed by atoms with Crippen LogP contribution in [-0.4, -0.2) is 5.11 Å². The molecular weight excluding hydrogens is 148 g/mol. The van der Waals surface area contributed by atoms with Crippen LogP contribution in [0, 0.1) is 5.41 Å². The second kappa shape index (κ2) is 2.33. The summed E-state index contributed by atoms with van der Waals surface area (Å²) in [6.45, 7) is 4.22. The van der Waals surface area contributed by atoms with Crippen LogP contribution in [0.2, 0.25) is 0 Å². The van der Waals surface area contributed by atoms with Crippen molar-refractivity contribution in [1.29, 1.82) is 0 Å². The minimum atomic E-state index is -0.284. The number of fused-ring (bicyclic) bond motifs is 1. The van der Waals surface area contributed by atoms with Crippen molar-refractivity contribution in [1.82, 2.24) is 0 Å². The van der Waals surface area contributed by atoms with Crippen LogP contribution in [0.15, 0.2) is 24.3 Å². The first-order valence-corrected chi connectivity index (χ1v) is 4.37. The highest BCUT2D eigenvalue weighted by Gasteiger charge is 2.36. The van der Waals surface area contributed by atoms with Gasteiger partial charge < -0.3 is 5.11 Å². The molecular formula is C11H14O. The van der Waals surface area contributed by atoms with E-state index in [-0.39, 0.29) is 11.5 Å². The molecule has 1 aromatic rings. The van der Waals surface area contributed by atoms with Crippen molar-refractivity contribution in [2.45, 2.75) is 26.4 Å². The van der Waals surface area contributed by atoms with Crippen molar-refractivity contribution < 1.29 is 5.11 Å². The van der Waals surface area contributed by atoms with E-state index >= 15 is 0 Å². The maximum Gasteiger partial charge on any atom is 0.0846 e. The molecule has 0 saturated carbocycles. The topological polar surface area (TPSA) is 20.2 Å². The molecule has 0 unspecified atom stereocenters. The molecule has 1 aliphatic rings. The third-order valence-corrected chi connectivity index (χ3v) is 2.74. The van der Waals surface area contributed by atoms with Crippen LogP contribution < -0.4 is 0 Å². The molecule has 0 radical (unpaired) electrons. The van der Waals surface area contributed by atoms with E-state index in [1.165, 1.54) is 5.56 Å². The summed E-state index contributed by atoms with van der Waals surface area (Å²) in [5, 5.41) is 9.91. The molecule has 1 heteroatoms. The summed E-state index contributed by atoms with van der Waals surface area (Å²) in [7, 11) is 0. The Hall–Kier alpha value is -0.820. The summed E-state index contributed by atoms with van der Waals surface area (Å²) < 4.78 is 0. The lowest BCUT2D eigenvalue weighted by Crippen LogP contribution is -2.16. The summed E-state index contributed by atoms with van der Waals surface area (Å²) >= 11 is 0. The second-order valence-corrected chi connectivity index (χ2v) is 4.27. The Morgan fingerprint density at radius 2 is 2.00 bits per heavy atom. The predicted octanol–water partition coefficient (Wildman–Crippen LogP) is 2.30. The first kappa shape index (κ1) is 7.81. The van der Waals surface area contributed by atoms with Gasteiger partial charge in [0.05, 0.1) is 6.10 Å². The summed E-state index contributed by atoms with van der Waals surface area (Å²) in [5.74, 6) is 0. The van der Waals surface area contributed by atoms with Gasteiger partial charge in [0.15, 0.2) is 0 Å². The Balaban J connectivity index is 2.49. The van der Waals surface area contributed by atoms with Gasteiger partial charge in [0.1, 0.15) is 0 Å². The highest BCUT2D eigenvalue weighted by Crippen LogP contribution is 2.44. The monoisotopic (exact) mass is 162 g/mol. The lowest BCUT2D eigenvalue weighted by atomic mass is 9.88. The first-order chi connectivity index (χ1) is 5.61. The number of benzene rings is 1. The molecule has 2 rings (SSSR count). The maximum absolute atomic E-state index is 9.91. The SMILES string of the molecule is CC1(C)Cc2ccccc2[C@@H]1O. The van der Waals surface area contributed by atoms with E-state index < -0.39 is 0 Å². The van der Waals surface area contributed by atoms with Crippen LogP contribution >= 0.6 is 0 Å². The molecule has 0 bridgehead atoms. The molecule has 1 aromatic carbocycles. The quantitative estimate of drug-likeness (QED) is 0.620. The van der Waals surface area contributed by atoms with Gasteiger partial charge in [-0.15, -0.1) is 0 Å². The van der Waals surface area contributed by atoms with Gasteiger partial charge in [-0.1, -0.05) is 38.1 Å². The molecule has 0 amide bonds. The van der Waals surface area contributed by atoms with Crippen molar-refractivity contribution in [2.24, 2.45) is 5.41 Å². The highest BCUT2D eigenvalue weighted by atomic mass is 16.3. The zero-order valence-electron chi connectivity index (χ0n) is 7.54. The Kier molecular flexibility index (Phi) is 1.52. The molecule has 0 aromatic heterocycles. The molecule has 0 spiro atoms. The van der Waals surface area contributed by atoms with Gasteiger partial charge in [-0.05, 0) is 23.0 Å². The molecule has 1 nitrogen and oxygen atoms in total. The minimum absolute atomic E-state index is 0.0175. The number of hydrogen-bond donors (Lipinski definition) is 1. The summed E-state index contributed by atoms with van der Waals surface area (Å²) in [5.41, 5.74) is 2.43. The van der Waals surface area contributed by atoms with Crippen molar-refractivity contribution in [3.05, 3.63) is 35.4 Å². The average Bonchev–Trinajstić information content (AvgIpc) is 2.24. The van der Waals surface area contributed by atoms with Gasteiger partial charge >= 0.3 is 0 Å². The van der Waals surface area contributed by atoms with Gasteiger partial charge in [-0.25, -0.2) is 0 Å². The largest absolute Gasteiger partial charge is 0.388 e. The lowest BCUT2D eigenvalue weighted by Gasteiger charge is -2.22. The molecule has 1 atom stereocenters. The smallest absolute Gasteiger partial charge is 0.0846 e. The Morgan fingerprint density at radius 3 is 2.67 bits per heavy atom. The fraction of sp³-hybridized carbons (Fsp3) is 0.455. The van der Waals surface area contributed by atoms with Crippen LogP contribution in [-0.2, 0) is 6.42 Å². The van der Waals surface area contributed by atoms with Gasteiger partial charge in [0.2, 0.25) is 0 Å².